The summed E-state index contributed by atoms with van der Waals surface area (Å²) >= 11 is 0. The van der Waals surface area contributed by atoms with E-state index in [4.69, 9.17) is 23.8 Å². The molecule has 0 amide bonds. The minimum absolute atomic E-state index is 0.519. The summed E-state index contributed by atoms with van der Waals surface area (Å²) < 4.78 is 17.0. The minimum atomic E-state index is 0.519. The molecule has 5 aromatic heterocycles. The Bertz CT molecular complexity index is 5420. The maximum Gasteiger partial charge on any atom is 0.238 e. The van der Waals surface area contributed by atoms with Gasteiger partial charge in [0.1, 0.15) is 22.3 Å². The molecular formula is C75H45N5O2. The van der Waals surface area contributed by atoms with Crippen molar-refractivity contribution in [3.05, 3.63) is 273 Å². The number of aromatic nitrogens is 5. The van der Waals surface area contributed by atoms with Gasteiger partial charge in [0, 0.05) is 59.9 Å². The van der Waals surface area contributed by atoms with E-state index in [0.717, 1.165) is 143 Å². The Hall–Kier alpha value is -11.2. The maximum absolute atomic E-state index is 6.24. The highest BCUT2D eigenvalue weighted by atomic mass is 16.3. The smallest absolute Gasteiger partial charge is 0.238 e. The first-order valence-electron chi connectivity index (χ1n) is 27.6. The molecule has 0 spiro atoms. The first-order valence-corrected chi connectivity index (χ1v) is 27.6. The molecule has 0 N–H and O–H groups in total. The number of rotatable bonds is 8. The van der Waals surface area contributed by atoms with Crippen LogP contribution in [0, 0.1) is 0 Å². The van der Waals surface area contributed by atoms with Crippen molar-refractivity contribution < 1.29 is 8.83 Å². The Kier molecular flexibility index (Phi) is 10.2. The Morgan fingerprint density at radius 3 is 1.29 bits per heavy atom. The average molecular weight is 1050 g/mol. The fourth-order valence-corrected chi connectivity index (χ4v) is 12.5. The Balaban J connectivity index is 0.859. The summed E-state index contributed by atoms with van der Waals surface area (Å²) in [5, 5.41) is 8.95. The van der Waals surface area contributed by atoms with Gasteiger partial charge in [-0.15, -0.1) is 0 Å². The molecule has 0 aliphatic carbocycles. The molecule has 0 radical (unpaired) electrons. The molecule has 82 heavy (non-hydrogen) atoms. The maximum atomic E-state index is 6.24. The van der Waals surface area contributed by atoms with Crippen molar-refractivity contribution >= 4 is 87.5 Å². The summed E-state index contributed by atoms with van der Waals surface area (Å²) in [4.78, 5) is 16.6. The molecule has 0 unspecified atom stereocenters. The first-order chi connectivity index (χ1) is 40.6. The molecule has 0 aliphatic rings. The average Bonchev–Trinajstić information content (AvgIpc) is 4.46. The van der Waals surface area contributed by atoms with E-state index in [1.165, 1.54) is 5.39 Å². The van der Waals surface area contributed by atoms with Crippen LogP contribution in [0.3, 0.4) is 0 Å². The van der Waals surface area contributed by atoms with E-state index in [0.29, 0.717) is 17.6 Å². The molecule has 0 saturated carbocycles. The highest BCUT2D eigenvalue weighted by Gasteiger charge is 2.23. The zero-order valence-corrected chi connectivity index (χ0v) is 44.0. The highest BCUT2D eigenvalue weighted by Crippen LogP contribution is 2.42. The summed E-state index contributed by atoms with van der Waals surface area (Å²) in [7, 11) is 0. The van der Waals surface area contributed by atoms with Crippen LogP contribution in [0.1, 0.15) is 0 Å². The topological polar surface area (TPSA) is 74.8 Å². The quantitative estimate of drug-likeness (QED) is 0.152. The third-order valence-corrected chi connectivity index (χ3v) is 16.4. The van der Waals surface area contributed by atoms with E-state index in [9.17, 15) is 0 Å². The number of fused-ring (bicyclic) bond motifs is 12. The van der Waals surface area contributed by atoms with Gasteiger partial charge in [0.05, 0.1) is 22.1 Å². The van der Waals surface area contributed by atoms with Gasteiger partial charge in [0.25, 0.3) is 0 Å². The number of benzene rings is 12. The van der Waals surface area contributed by atoms with E-state index in [-0.39, 0.29) is 0 Å². The van der Waals surface area contributed by atoms with Gasteiger partial charge in [0.15, 0.2) is 11.6 Å². The van der Waals surface area contributed by atoms with Crippen LogP contribution in [0.15, 0.2) is 282 Å². The molecule has 382 valence electrons. The second-order valence-electron chi connectivity index (χ2n) is 21.1. The van der Waals surface area contributed by atoms with Crippen LogP contribution >= 0.6 is 0 Å². The third-order valence-electron chi connectivity index (χ3n) is 16.4. The van der Waals surface area contributed by atoms with Gasteiger partial charge in [-0.1, -0.05) is 182 Å². The molecule has 17 aromatic rings. The molecule has 0 saturated heterocycles. The Morgan fingerprint density at radius 2 is 0.671 bits per heavy atom. The van der Waals surface area contributed by atoms with Crippen LogP contribution in [0.5, 0.6) is 0 Å². The highest BCUT2D eigenvalue weighted by molar-refractivity contribution is 6.13. The van der Waals surface area contributed by atoms with Gasteiger partial charge in [-0.2, -0.15) is 9.97 Å². The summed E-state index contributed by atoms with van der Waals surface area (Å²) in [6.07, 6.45) is 0. The summed E-state index contributed by atoms with van der Waals surface area (Å²) in [5.74, 6) is 1.64. The Morgan fingerprint density at radius 1 is 0.232 bits per heavy atom. The fraction of sp³-hybridized carbons (Fsp3) is 0. The van der Waals surface area contributed by atoms with Gasteiger partial charge < -0.3 is 13.4 Å². The van der Waals surface area contributed by atoms with Crippen LogP contribution in [-0.2, 0) is 0 Å². The normalized spacial score (nSPS) is 11.9. The van der Waals surface area contributed by atoms with E-state index in [1.807, 2.05) is 24.3 Å². The predicted molar refractivity (Wildman–Crippen MR) is 336 cm³/mol. The number of furan rings is 2. The summed E-state index contributed by atoms with van der Waals surface area (Å²) in [6.45, 7) is 0. The van der Waals surface area contributed by atoms with Gasteiger partial charge in [0.2, 0.25) is 5.95 Å². The van der Waals surface area contributed by atoms with E-state index < -0.39 is 0 Å². The number of hydrogen-bond acceptors (Lipinski definition) is 5. The lowest BCUT2D eigenvalue weighted by Gasteiger charge is -2.15. The zero-order chi connectivity index (χ0) is 53.8. The lowest BCUT2D eigenvalue weighted by atomic mass is 9.94. The van der Waals surface area contributed by atoms with Crippen LogP contribution in [-0.4, -0.2) is 24.1 Å². The lowest BCUT2D eigenvalue weighted by molar-refractivity contribution is 0.668. The van der Waals surface area contributed by atoms with Crippen molar-refractivity contribution in [3.8, 4) is 78.9 Å². The number of nitrogens with zero attached hydrogens (tertiary/aromatic N) is 5. The van der Waals surface area contributed by atoms with Gasteiger partial charge in [-0.05, 0) is 136 Å². The molecule has 7 heteroatoms. The van der Waals surface area contributed by atoms with Crippen LogP contribution in [0.2, 0.25) is 0 Å². The molecular weight excluding hydrogens is 1000 g/mol. The molecule has 7 nitrogen and oxygen atoms in total. The molecule has 0 bridgehead atoms. The van der Waals surface area contributed by atoms with Crippen LogP contribution in [0.25, 0.3) is 166 Å². The number of para-hydroxylation sites is 4. The van der Waals surface area contributed by atoms with Crippen molar-refractivity contribution in [1.82, 2.24) is 24.1 Å². The zero-order valence-electron chi connectivity index (χ0n) is 44.0. The van der Waals surface area contributed by atoms with E-state index in [1.54, 1.807) is 0 Å². The second kappa shape index (κ2) is 18.2. The largest absolute Gasteiger partial charge is 0.456 e. The summed E-state index contributed by atoms with van der Waals surface area (Å²) in [6, 6.07) is 96.5. The number of hydrogen-bond donors (Lipinski definition) is 0. The molecule has 0 fully saturated rings. The third kappa shape index (κ3) is 7.34. The van der Waals surface area contributed by atoms with Crippen molar-refractivity contribution in [2.24, 2.45) is 0 Å². The van der Waals surface area contributed by atoms with Gasteiger partial charge >= 0.3 is 0 Å². The monoisotopic (exact) mass is 1050 g/mol. The standard InChI is InChI=1S/C75H45N5O2/c1-3-16-46(17-4-1)48-30-35-55(47-18-5-2-6-19-47)64(45-48)74-76-73(77-75(78-74)80-66-27-12-8-23-57(66)61-42-50(32-37-68(61)80)52-34-39-72-63(44-52)59-25-10-14-29-70(59)82-72)53-20-15-21-54(40-53)79-65-26-11-7-22-56(65)60-41-49(31-36-67(60)79)51-33-38-71-62(43-51)58-24-9-13-28-69(58)81-71/h1-45H. The molecule has 17 rings (SSSR count). The summed E-state index contributed by atoms with van der Waals surface area (Å²) in [5.41, 5.74) is 19.2. The molecule has 0 aliphatic heterocycles. The first kappa shape index (κ1) is 45.8. The van der Waals surface area contributed by atoms with E-state index >= 15 is 0 Å². The predicted octanol–water partition coefficient (Wildman–Crippen LogP) is 19.9. The molecule has 5 heterocycles. The molecule has 0 atom stereocenters. The lowest BCUT2D eigenvalue weighted by Crippen LogP contribution is -2.07. The SMILES string of the molecule is c1ccc(-c2ccc(-c3ccccc3)c(-c3nc(-c4cccc(-n5c6ccccc6c6cc(-c7ccc8oc9ccccc9c8c7)ccc65)c4)nc(-n4c5ccccc5c5cc(-c6ccc7oc8ccccc8c7c6)ccc54)n3)c2)cc1. The van der Waals surface area contributed by atoms with E-state index in [2.05, 4.69) is 258 Å². The van der Waals surface area contributed by atoms with Gasteiger partial charge in [-0.25, -0.2) is 4.98 Å². The minimum Gasteiger partial charge on any atom is -0.456 e. The fourth-order valence-electron chi connectivity index (χ4n) is 12.5. The van der Waals surface area contributed by atoms with Crippen molar-refractivity contribution in [2.45, 2.75) is 0 Å². The van der Waals surface area contributed by atoms with Crippen LogP contribution in [0.4, 0.5) is 0 Å². The van der Waals surface area contributed by atoms with Crippen molar-refractivity contribution in [1.29, 1.82) is 0 Å². The van der Waals surface area contributed by atoms with Crippen LogP contribution < -0.4 is 0 Å². The van der Waals surface area contributed by atoms with Crippen molar-refractivity contribution in [3.63, 3.8) is 0 Å². The van der Waals surface area contributed by atoms with Crippen molar-refractivity contribution in [2.75, 3.05) is 0 Å². The second-order valence-corrected chi connectivity index (χ2v) is 21.1. The Labute approximate surface area is 469 Å². The van der Waals surface area contributed by atoms with Gasteiger partial charge in [-0.3, -0.25) is 4.57 Å². The molecule has 12 aromatic carbocycles.